The molecule has 0 aliphatic carbocycles. The van der Waals surface area contributed by atoms with Gasteiger partial charge in [0.15, 0.2) is 0 Å². The number of hydrogen-bond acceptors (Lipinski definition) is 4. The number of carbonyl (C=O) groups is 1. The predicted octanol–water partition coefficient (Wildman–Crippen LogP) is 3.02. The second-order valence-electron chi connectivity index (χ2n) is 4.96. The van der Waals surface area contributed by atoms with E-state index in [0.29, 0.717) is 17.9 Å². The molecule has 5 nitrogen and oxygen atoms in total. The van der Waals surface area contributed by atoms with Gasteiger partial charge in [-0.3, -0.25) is 4.79 Å². The minimum atomic E-state index is -0.769. The molecule has 0 aromatic heterocycles. The van der Waals surface area contributed by atoms with Gasteiger partial charge in [0, 0.05) is 11.8 Å². The van der Waals surface area contributed by atoms with Crippen LogP contribution < -0.4 is 14.8 Å². The summed E-state index contributed by atoms with van der Waals surface area (Å²) in [4.78, 5) is 12.3. The number of anilines is 1. The molecule has 0 fully saturated rings. The van der Waals surface area contributed by atoms with Gasteiger partial charge in [-0.25, -0.2) is 0 Å². The van der Waals surface area contributed by atoms with Gasteiger partial charge in [0.2, 0.25) is 5.91 Å². The molecule has 0 bridgehead atoms. The Balaban J connectivity index is 2.04. The van der Waals surface area contributed by atoms with E-state index in [-0.39, 0.29) is 5.91 Å². The van der Waals surface area contributed by atoms with Crippen molar-refractivity contribution in [2.75, 3.05) is 19.5 Å². The van der Waals surface area contributed by atoms with Gasteiger partial charge in [-0.1, -0.05) is 18.2 Å². The summed E-state index contributed by atoms with van der Waals surface area (Å²) in [6, 6.07) is 16.4. The molecule has 1 atom stereocenters. The number of nitrogens with one attached hydrogen (secondary N) is 1. The number of hydrogen-bond donors (Lipinski definition) is 1. The molecule has 0 saturated carbocycles. The Hall–Kier alpha value is -3.00. The lowest BCUT2D eigenvalue weighted by molar-refractivity contribution is -0.118. The molecule has 0 saturated heterocycles. The monoisotopic (exact) mass is 310 g/mol. The largest absolute Gasteiger partial charge is 0.497 e. The smallest absolute Gasteiger partial charge is 0.242 e. The Morgan fingerprint density at radius 1 is 1.13 bits per heavy atom. The summed E-state index contributed by atoms with van der Waals surface area (Å²) in [6.45, 7) is 0. The van der Waals surface area contributed by atoms with E-state index >= 15 is 0 Å². The summed E-state index contributed by atoms with van der Waals surface area (Å²) < 4.78 is 10.2. The van der Waals surface area contributed by atoms with Crippen LogP contribution in [0.25, 0.3) is 0 Å². The number of methoxy groups -OCH3 is 2. The van der Waals surface area contributed by atoms with Crippen molar-refractivity contribution in [3.8, 4) is 17.6 Å². The van der Waals surface area contributed by atoms with Crippen LogP contribution in [0.2, 0.25) is 0 Å². The molecule has 0 heterocycles. The lowest BCUT2D eigenvalue weighted by Crippen LogP contribution is -2.23. The molecule has 2 aromatic rings. The second kappa shape index (κ2) is 7.85. The number of benzene rings is 2. The van der Waals surface area contributed by atoms with E-state index < -0.39 is 5.92 Å². The molecular formula is C18H18N2O3. The molecule has 0 spiro atoms. The molecule has 2 rings (SSSR count). The lowest BCUT2D eigenvalue weighted by atomic mass is 9.99. The third kappa shape index (κ3) is 4.48. The average molecular weight is 310 g/mol. The van der Waals surface area contributed by atoms with Crippen molar-refractivity contribution >= 4 is 11.6 Å². The summed E-state index contributed by atoms with van der Waals surface area (Å²) in [7, 11) is 3.15. The zero-order chi connectivity index (χ0) is 16.7. The number of nitriles is 1. The van der Waals surface area contributed by atoms with Crippen molar-refractivity contribution in [3.63, 3.8) is 0 Å². The summed E-state index contributed by atoms with van der Waals surface area (Å²) in [5.74, 6) is 0.278. The van der Waals surface area contributed by atoms with Gasteiger partial charge in [-0.2, -0.15) is 5.26 Å². The van der Waals surface area contributed by atoms with E-state index in [2.05, 4.69) is 11.4 Å². The second-order valence-corrected chi connectivity index (χ2v) is 4.96. The zero-order valence-corrected chi connectivity index (χ0v) is 13.1. The molecule has 118 valence electrons. The van der Waals surface area contributed by atoms with Crippen molar-refractivity contribution in [1.82, 2.24) is 0 Å². The Labute approximate surface area is 135 Å². The van der Waals surface area contributed by atoms with Crippen molar-refractivity contribution in [2.45, 2.75) is 6.42 Å². The zero-order valence-electron chi connectivity index (χ0n) is 13.1. The van der Waals surface area contributed by atoms with E-state index in [1.165, 1.54) is 0 Å². The highest BCUT2D eigenvalue weighted by Gasteiger charge is 2.18. The maximum atomic E-state index is 12.3. The van der Waals surface area contributed by atoms with Crippen LogP contribution in [0.1, 0.15) is 5.56 Å². The minimum absolute atomic E-state index is 0.337. The summed E-state index contributed by atoms with van der Waals surface area (Å²) in [5, 5.41) is 12.0. The number of amides is 1. The molecule has 0 unspecified atom stereocenters. The molecule has 0 aliphatic heterocycles. The Morgan fingerprint density at radius 3 is 2.43 bits per heavy atom. The van der Waals surface area contributed by atoms with Crippen molar-refractivity contribution in [2.24, 2.45) is 5.92 Å². The van der Waals surface area contributed by atoms with Gasteiger partial charge in [0.25, 0.3) is 0 Å². The summed E-state index contributed by atoms with van der Waals surface area (Å²) in [6.07, 6.45) is 0.344. The SMILES string of the molecule is COc1ccc(C[C@H](C#N)C(=O)Nc2cccc(OC)c2)cc1. The maximum Gasteiger partial charge on any atom is 0.242 e. The van der Waals surface area contributed by atoms with Crippen LogP contribution >= 0.6 is 0 Å². The summed E-state index contributed by atoms with van der Waals surface area (Å²) >= 11 is 0. The third-order valence-electron chi connectivity index (χ3n) is 3.41. The Morgan fingerprint density at radius 2 is 1.83 bits per heavy atom. The highest BCUT2D eigenvalue weighted by Crippen LogP contribution is 2.19. The van der Waals surface area contributed by atoms with Crippen LogP contribution in [0, 0.1) is 17.2 Å². The average Bonchev–Trinajstić information content (AvgIpc) is 2.60. The molecule has 0 aliphatic rings. The quantitative estimate of drug-likeness (QED) is 0.890. The summed E-state index contributed by atoms with van der Waals surface area (Å²) in [5.41, 5.74) is 1.50. The first kappa shape index (κ1) is 16.4. The molecule has 1 N–H and O–H groups in total. The van der Waals surface area contributed by atoms with E-state index in [4.69, 9.17) is 9.47 Å². The van der Waals surface area contributed by atoms with Gasteiger partial charge in [0.1, 0.15) is 17.4 Å². The number of rotatable bonds is 6. The van der Waals surface area contributed by atoms with Gasteiger partial charge >= 0.3 is 0 Å². The van der Waals surface area contributed by atoms with Crippen LogP contribution in [0.4, 0.5) is 5.69 Å². The van der Waals surface area contributed by atoms with Crippen LogP contribution in [-0.4, -0.2) is 20.1 Å². The van der Waals surface area contributed by atoms with Crippen LogP contribution in [0.5, 0.6) is 11.5 Å². The fourth-order valence-electron chi connectivity index (χ4n) is 2.12. The standard InChI is InChI=1S/C18H18N2O3/c1-22-16-8-6-13(7-9-16)10-14(12-19)18(21)20-15-4-3-5-17(11-15)23-2/h3-9,11,14H,10H2,1-2H3,(H,20,21)/t14-/m1/s1. The predicted molar refractivity (Wildman–Crippen MR) is 87.4 cm³/mol. The highest BCUT2D eigenvalue weighted by molar-refractivity contribution is 5.94. The Bertz CT molecular complexity index is 705. The van der Waals surface area contributed by atoms with E-state index in [1.54, 1.807) is 38.5 Å². The minimum Gasteiger partial charge on any atom is -0.497 e. The molecule has 23 heavy (non-hydrogen) atoms. The van der Waals surface area contributed by atoms with Crippen molar-refractivity contribution in [1.29, 1.82) is 5.26 Å². The van der Waals surface area contributed by atoms with E-state index in [9.17, 15) is 10.1 Å². The van der Waals surface area contributed by atoms with E-state index in [0.717, 1.165) is 11.3 Å². The van der Waals surface area contributed by atoms with Gasteiger partial charge in [0.05, 0.1) is 20.3 Å². The third-order valence-corrected chi connectivity index (χ3v) is 3.41. The van der Waals surface area contributed by atoms with E-state index in [1.807, 2.05) is 24.3 Å². The lowest BCUT2D eigenvalue weighted by Gasteiger charge is -2.11. The fourth-order valence-corrected chi connectivity index (χ4v) is 2.12. The molecule has 0 radical (unpaired) electrons. The topological polar surface area (TPSA) is 71.3 Å². The number of ether oxygens (including phenoxy) is 2. The molecule has 5 heteroatoms. The van der Waals surface area contributed by atoms with Crippen LogP contribution in [0.15, 0.2) is 48.5 Å². The van der Waals surface area contributed by atoms with Gasteiger partial charge in [-0.05, 0) is 36.2 Å². The molecule has 1 amide bonds. The van der Waals surface area contributed by atoms with Crippen LogP contribution in [-0.2, 0) is 11.2 Å². The Kier molecular flexibility index (Phi) is 5.59. The number of nitrogens with zero attached hydrogens (tertiary/aromatic N) is 1. The fraction of sp³-hybridized carbons (Fsp3) is 0.222. The first-order chi connectivity index (χ1) is 11.2. The van der Waals surface area contributed by atoms with Crippen LogP contribution in [0.3, 0.4) is 0 Å². The van der Waals surface area contributed by atoms with Gasteiger partial charge < -0.3 is 14.8 Å². The highest BCUT2D eigenvalue weighted by atomic mass is 16.5. The first-order valence-corrected chi connectivity index (χ1v) is 7.13. The molecule has 2 aromatic carbocycles. The first-order valence-electron chi connectivity index (χ1n) is 7.13. The van der Waals surface area contributed by atoms with Gasteiger partial charge in [-0.15, -0.1) is 0 Å². The number of carbonyl (C=O) groups excluding carboxylic acids is 1. The normalized spacial score (nSPS) is 11.2. The van der Waals surface area contributed by atoms with Crippen molar-refractivity contribution < 1.29 is 14.3 Å². The maximum absolute atomic E-state index is 12.3. The van der Waals surface area contributed by atoms with Crippen molar-refractivity contribution in [3.05, 3.63) is 54.1 Å². The molecular weight excluding hydrogens is 292 g/mol.